The second kappa shape index (κ2) is 9.94. The molecule has 0 unspecified atom stereocenters. The van der Waals surface area contributed by atoms with E-state index in [9.17, 15) is 4.79 Å². The molecule has 1 atom stereocenters. The van der Waals surface area contributed by atoms with Crippen LogP contribution >= 0.6 is 0 Å². The normalized spacial score (nSPS) is 18.8. The molecule has 2 N–H and O–H groups in total. The van der Waals surface area contributed by atoms with Gasteiger partial charge >= 0.3 is 0 Å². The van der Waals surface area contributed by atoms with Gasteiger partial charge in [-0.1, -0.05) is 12.1 Å². The fraction of sp³-hybridized carbons (Fsp3) is 0.433. The van der Waals surface area contributed by atoms with E-state index in [0.29, 0.717) is 28.4 Å². The van der Waals surface area contributed by atoms with Gasteiger partial charge in [0.1, 0.15) is 11.3 Å². The molecule has 7 rings (SSSR count). The SMILES string of the molecule is CCn1cc2ncc(N[C@@H](C)c3cccc(NC(=O)c4cnc(CN5CC6(COC6)C5)c(C5CC5)c4)c3)nc2n1. The summed E-state index contributed by atoms with van der Waals surface area (Å²) in [5.74, 6) is 1.03. The van der Waals surface area contributed by atoms with Crippen LogP contribution in [-0.4, -0.2) is 61.8 Å². The monoisotopic (exact) mass is 538 g/mol. The minimum atomic E-state index is -0.143. The molecular formula is C30H34N8O2. The predicted octanol–water partition coefficient (Wildman–Crippen LogP) is 4.38. The first-order chi connectivity index (χ1) is 19.5. The summed E-state index contributed by atoms with van der Waals surface area (Å²) in [6.45, 7) is 9.63. The highest BCUT2D eigenvalue weighted by Gasteiger charge is 2.49. The summed E-state index contributed by atoms with van der Waals surface area (Å²) in [5, 5.41) is 10.9. The Kier molecular flexibility index (Phi) is 6.24. The summed E-state index contributed by atoms with van der Waals surface area (Å²) < 4.78 is 7.23. The number of nitrogens with one attached hydrogen (secondary N) is 2. The lowest BCUT2D eigenvalue weighted by Crippen LogP contribution is -2.65. The van der Waals surface area contributed by atoms with E-state index in [4.69, 9.17) is 9.72 Å². The number of fused-ring (bicyclic) bond motifs is 1. The van der Waals surface area contributed by atoms with Gasteiger partial charge in [-0.05, 0) is 61.9 Å². The van der Waals surface area contributed by atoms with Crippen LogP contribution in [0, 0.1) is 5.41 Å². The molecule has 1 amide bonds. The quantitative estimate of drug-likeness (QED) is 0.323. The van der Waals surface area contributed by atoms with Crippen LogP contribution in [0.1, 0.15) is 65.8 Å². The maximum atomic E-state index is 13.2. The van der Waals surface area contributed by atoms with E-state index in [0.717, 1.165) is 61.9 Å². The van der Waals surface area contributed by atoms with E-state index in [-0.39, 0.29) is 11.9 Å². The zero-order valence-corrected chi connectivity index (χ0v) is 22.9. The highest BCUT2D eigenvalue weighted by atomic mass is 16.5. The van der Waals surface area contributed by atoms with Gasteiger partial charge in [0.2, 0.25) is 5.65 Å². The third-order valence-electron chi connectivity index (χ3n) is 8.20. The van der Waals surface area contributed by atoms with Gasteiger partial charge in [0.25, 0.3) is 5.91 Å². The van der Waals surface area contributed by atoms with Crippen molar-refractivity contribution in [1.82, 2.24) is 29.6 Å². The molecule has 10 heteroatoms. The Balaban J connectivity index is 1.02. The van der Waals surface area contributed by atoms with Gasteiger partial charge in [-0.25, -0.2) is 9.97 Å². The Morgan fingerprint density at radius 3 is 2.77 bits per heavy atom. The third kappa shape index (κ3) is 4.93. The smallest absolute Gasteiger partial charge is 0.257 e. The van der Waals surface area contributed by atoms with E-state index in [2.05, 4.69) is 43.6 Å². The summed E-state index contributed by atoms with van der Waals surface area (Å²) in [6.07, 6.45) is 7.68. The lowest BCUT2D eigenvalue weighted by atomic mass is 9.78. The Morgan fingerprint density at radius 2 is 2.02 bits per heavy atom. The van der Waals surface area contributed by atoms with E-state index in [1.165, 1.54) is 18.4 Å². The number of carbonyl (C=O) groups is 1. The second-order valence-corrected chi connectivity index (χ2v) is 11.6. The zero-order valence-electron chi connectivity index (χ0n) is 22.9. The van der Waals surface area contributed by atoms with Crippen molar-refractivity contribution in [3.63, 3.8) is 0 Å². The van der Waals surface area contributed by atoms with Crippen molar-refractivity contribution in [2.45, 2.75) is 51.7 Å². The van der Waals surface area contributed by atoms with E-state index >= 15 is 0 Å². The molecule has 0 bridgehead atoms. The molecule has 1 spiro atoms. The number of benzene rings is 1. The number of pyridine rings is 1. The highest BCUT2D eigenvalue weighted by Crippen LogP contribution is 2.43. The van der Waals surface area contributed by atoms with Crippen molar-refractivity contribution in [1.29, 1.82) is 0 Å². The Bertz CT molecular complexity index is 1570. The van der Waals surface area contributed by atoms with Gasteiger partial charge in [-0.15, -0.1) is 0 Å². The lowest BCUT2D eigenvalue weighted by molar-refractivity contribution is -0.191. The van der Waals surface area contributed by atoms with Crippen molar-refractivity contribution in [3.8, 4) is 0 Å². The molecule has 10 nitrogen and oxygen atoms in total. The first-order valence-corrected chi connectivity index (χ1v) is 14.1. The molecule has 3 aromatic heterocycles. The number of hydrogen-bond acceptors (Lipinski definition) is 8. The van der Waals surface area contributed by atoms with Crippen LogP contribution in [0.2, 0.25) is 0 Å². The van der Waals surface area contributed by atoms with Crippen LogP contribution < -0.4 is 10.6 Å². The Morgan fingerprint density at radius 1 is 1.18 bits per heavy atom. The highest BCUT2D eigenvalue weighted by molar-refractivity contribution is 6.04. The lowest BCUT2D eigenvalue weighted by Gasteiger charge is -2.55. The average molecular weight is 539 g/mol. The number of likely N-dealkylation sites (tertiary alicyclic amines) is 1. The molecule has 40 heavy (non-hydrogen) atoms. The fourth-order valence-electron chi connectivity index (χ4n) is 5.78. The standard InChI is InChI=1S/C30H34N8O2/c1-3-38-14-26-28(36-38)35-27(12-32-26)33-19(2)21-5-4-6-23(9-21)34-29(39)22-10-24(20-7-8-20)25(31-11-22)13-37-15-30(16-37)17-40-18-30/h4-6,9-12,14,19-20H,3,7-8,13,15-18H2,1-2H3,(H,34,39)(H,33,35,36)/t19-/m0/s1. The van der Waals surface area contributed by atoms with Crippen molar-refractivity contribution >= 4 is 28.6 Å². The van der Waals surface area contributed by atoms with Crippen molar-refractivity contribution in [2.24, 2.45) is 5.41 Å². The van der Waals surface area contributed by atoms with Crippen molar-refractivity contribution in [3.05, 3.63) is 71.3 Å². The van der Waals surface area contributed by atoms with Gasteiger partial charge in [-0.2, -0.15) is 5.10 Å². The van der Waals surface area contributed by atoms with E-state index in [1.807, 2.05) is 42.1 Å². The molecule has 3 aliphatic rings. The number of anilines is 2. The van der Waals surface area contributed by atoms with Crippen LogP contribution in [0.25, 0.3) is 11.2 Å². The molecule has 1 aromatic carbocycles. The van der Waals surface area contributed by atoms with Crippen LogP contribution in [0.3, 0.4) is 0 Å². The van der Waals surface area contributed by atoms with Gasteiger partial charge in [0.15, 0.2) is 0 Å². The maximum absolute atomic E-state index is 13.2. The largest absolute Gasteiger partial charge is 0.380 e. The van der Waals surface area contributed by atoms with Crippen LogP contribution in [-0.2, 0) is 17.8 Å². The first kappa shape index (κ1) is 25.1. The topological polar surface area (TPSA) is 110 Å². The number of ether oxygens (including phenoxy) is 1. The Hall–Kier alpha value is -3.89. The predicted molar refractivity (Wildman–Crippen MR) is 152 cm³/mol. The molecule has 0 radical (unpaired) electrons. The number of nitrogens with zero attached hydrogens (tertiary/aromatic N) is 6. The number of carbonyl (C=O) groups excluding carboxylic acids is 1. The average Bonchev–Trinajstić information content (AvgIpc) is 3.68. The van der Waals surface area contributed by atoms with Crippen molar-refractivity contribution in [2.75, 3.05) is 36.9 Å². The van der Waals surface area contributed by atoms with E-state index in [1.54, 1.807) is 12.4 Å². The van der Waals surface area contributed by atoms with Crippen LogP contribution in [0.5, 0.6) is 0 Å². The summed E-state index contributed by atoms with van der Waals surface area (Å²) in [7, 11) is 0. The third-order valence-corrected chi connectivity index (χ3v) is 8.20. The molecule has 3 fully saturated rings. The summed E-state index contributed by atoms with van der Waals surface area (Å²) >= 11 is 0. The fourth-order valence-corrected chi connectivity index (χ4v) is 5.78. The number of aryl methyl sites for hydroxylation is 1. The number of hydrogen-bond donors (Lipinski definition) is 2. The van der Waals surface area contributed by atoms with Gasteiger partial charge in [-0.3, -0.25) is 19.4 Å². The maximum Gasteiger partial charge on any atom is 0.257 e. The summed E-state index contributed by atoms with van der Waals surface area (Å²) in [4.78, 5) is 29.5. The van der Waals surface area contributed by atoms with Gasteiger partial charge < -0.3 is 15.4 Å². The molecule has 4 aromatic rings. The molecular weight excluding hydrogens is 504 g/mol. The van der Waals surface area contributed by atoms with Gasteiger partial charge in [0, 0.05) is 43.5 Å². The Labute approximate surface area is 233 Å². The summed E-state index contributed by atoms with van der Waals surface area (Å²) in [5.41, 5.74) is 6.48. The van der Waals surface area contributed by atoms with Crippen LogP contribution in [0.4, 0.5) is 11.5 Å². The van der Waals surface area contributed by atoms with Crippen LogP contribution in [0.15, 0.2) is 48.9 Å². The van der Waals surface area contributed by atoms with Gasteiger partial charge in [0.05, 0.1) is 42.9 Å². The molecule has 1 aliphatic carbocycles. The molecule has 2 saturated heterocycles. The van der Waals surface area contributed by atoms with E-state index < -0.39 is 0 Å². The van der Waals surface area contributed by atoms with Crippen molar-refractivity contribution < 1.29 is 9.53 Å². The number of aromatic nitrogens is 5. The molecule has 5 heterocycles. The zero-order chi connectivity index (χ0) is 27.3. The number of amides is 1. The second-order valence-electron chi connectivity index (χ2n) is 11.6. The molecule has 1 saturated carbocycles. The molecule has 206 valence electrons. The summed E-state index contributed by atoms with van der Waals surface area (Å²) in [6, 6.07) is 9.88. The minimum absolute atomic E-state index is 0.0496. The first-order valence-electron chi connectivity index (χ1n) is 14.1. The number of rotatable bonds is 9. The minimum Gasteiger partial charge on any atom is -0.380 e. The molecule has 2 aliphatic heterocycles.